The topological polar surface area (TPSA) is 65.2 Å². The molecule has 2 aromatic rings. The van der Waals surface area contributed by atoms with Gasteiger partial charge in [-0.1, -0.05) is 23.2 Å². The highest BCUT2D eigenvalue weighted by Crippen LogP contribution is 2.27. The molecule has 1 aromatic carbocycles. The molecule has 0 fully saturated rings. The normalized spacial score (nSPS) is 10.3. The second-order valence-electron chi connectivity index (χ2n) is 3.82. The zero-order chi connectivity index (χ0) is 14.0. The lowest BCUT2D eigenvalue weighted by Gasteiger charge is -2.06. The van der Waals surface area contributed by atoms with Crippen molar-refractivity contribution in [2.75, 3.05) is 12.8 Å². The minimum Gasteiger partial charge on any atom is -0.465 e. The summed E-state index contributed by atoms with van der Waals surface area (Å²) in [4.78, 5) is 15.7. The number of aromatic nitrogens is 1. The van der Waals surface area contributed by atoms with Gasteiger partial charge in [0.25, 0.3) is 0 Å². The molecule has 2 N–H and O–H groups in total. The molecule has 0 radical (unpaired) electrons. The molecule has 0 bridgehead atoms. The van der Waals surface area contributed by atoms with Crippen molar-refractivity contribution in [2.45, 2.75) is 0 Å². The van der Waals surface area contributed by atoms with Crippen LogP contribution in [0.2, 0.25) is 10.0 Å². The Kier molecular flexibility index (Phi) is 3.93. The van der Waals surface area contributed by atoms with Crippen LogP contribution in [0.5, 0.6) is 0 Å². The maximum atomic E-state index is 11.5. The molecule has 0 aliphatic carbocycles. The third kappa shape index (κ3) is 3.16. The summed E-state index contributed by atoms with van der Waals surface area (Å²) >= 11 is 11.9. The summed E-state index contributed by atoms with van der Waals surface area (Å²) in [5.74, 6) is -0.266. The van der Waals surface area contributed by atoms with E-state index < -0.39 is 5.97 Å². The molecule has 2 rings (SSSR count). The number of pyridine rings is 1. The third-order valence-corrected chi connectivity index (χ3v) is 2.86. The third-order valence-electron chi connectivity index (χ3n) is 2.42. The summed E-state index contributed by atoms with van der Waals surface area (Å²) < 4.78 is 4.66. The Balaban J connectivity index is 2.55. The molecule has 1 aromatic heterocycles. The predicted molar refractivity (Wildman–Crippen MR) is 75.4 cm³/mol. The van der Waals surface area contributed by atoms with E-state index in [9.17, 15) is 4.79 Å². The number of hydrogen-bond acceptors (Lipinski definition) is 4. The summed E-state index contributed by atoms with van der Waals surface area (Å²) in [6.45, 7) is 0. The smallest absolute Gasteiger partial charge is 0.338 e. The molecule has 4 nitrogen and oxygen atoms in total. The number of nitrogen functional groups attached to an aromatic ring is 1. The maximum absolute atomic E-state index is 11.5. The van der Waals surface area contributed by atoms with E-state index in [2.05, 4.69) is 9.72 Å². The van der Waals surface area contributed by atoms with Gasteiger partial charge in [-0.3, -0.25) is 0 Å². The molecule has 0 unspecified atom stereocenters. The van der Waals surface area contributed by atoms with Gasteiger partial charge in [0.05, 0.1) is 18.4 Å². The number of nitrogens with zero attached hydrogens (tertiary/aromatic N) is 1. The van der Waals surface area contributed by atoms with Crippen molar-refractivity contribution in [2.24, 2.45) is 0 Å². The summed E-state index contributed by atoms with van der Waals surface area (Å²) in [5, 5.41) is 0.956. The van der Waals surface area contributed by atoms with Crippen LogP contribution in [0.4, 0.5) is 5.82 Å². The van der Waals surface area contributed by atoms with E-state index in [1.807, 2.05) is 0 Å². The quantitative estimate of drug-likeness (QED) is 0.862. The first-order chi connectivity index (χ1) is 8.99. The van der Waals surface area contributed by atoms with Crippen LogP contribution in [0.25, 0.3) is 11.3 Å². The highest BCUT2D eigenvalue weighted by molar-refractivity contribution is 6.35. The molecule has 19 heavy (non-hydrogen) atoms. The average molecular weight is 297 g/mol. The Bertz CT molecular complexity index is 624. The van der Waals surface area contributed by atoms with Crippen molar-refractivity contribution >= 4 is 35.0 Å². The lowest BCUT2D eigenvalue weighted by atomic mass is 10.1. The van der Waals surface area contributed by atoms with Gasteiger partial charge in [-0.05, 0) is 30.3 Å². The van der Waals surface area contributed by atoms with Crippen LogP contribution >= 0.6 is 23.2 Å². The van der Waals surface area contributed by atoms with Crippen molar-refractivity contribution in [3.05, 3.63) is 45.9 Å². The molecule has 6 heteroatoms. The second kappa shape index (κ2) is 5.47. The zero-order valence-electron chi connectivity index (χ0n) is 9.98. The van der Waals surface area contributed by atoms with Gasteiger partial charge in [-0.2, -0.15) is 0 Å². The molecule has 0 spiro atoms. The fourth-order valence-corrected chi connectivity index (χ4v) is 2.16. The molecule has 0 atom stereocenters. The number of anilines is 1. The van der Waals surface area contributed by atoms with E-state index in [1.54, 1.807) is 24.3 Å². The van der Waals surface area contributed by atoms with E-state index in [0.29, 0.717) is 26.9 Å². The van der Waals surface area contributed by atoms with Crippen LogP contribution in [0.1, 0.15) is 10.4 Å². The summed E-state index contributed by atoms with van der Waals surface area (Å²) in [5.41, 5.74) is 7.18. The first-order valence-corrected chi connectivity index (χ1v) is 6.07. The minimum absolute atomic E-state index is 0.217. The van der Waals surface area contributed by atoms with E-state index in [1.165, 1.54) is 13.2 Å². The van der Waals surface area contributed by atoms with Gasteiger partial charge in [-0.25, -0.2) is 9.78 Å². The van der Waals surface area contributed by atoms with Crippen LogP contribution in [0.3, 0.4) is 0 Å². The Hall–Kier alpha value is -1.78. The van der Waals surface area contributed by atoms with Crippen molar-refractivity contribution in [3.63, 3.8) is 0 Å². The van der Waals surface area contributed by atoms with Crippen molar-refractivity contribution in [3.8, 4) is 11.3 Å². The number of carbonyl (C=O) groups excluding carboxylic acids is 1. The summed E-state index contributed by atoms with van der Waals surface area (Å²) in [6, 6.07) is 8.01. The zero-order valence-corrected chi connectivity index (χ0v) is 11.5. The number of halogens is 2. The first kappa shape index (κ1) is 13.6. The fraction of sp³-hybridized carbons (Fsp3) is 0.0769. The van der Waals surface area contributed by atoms with E-state index in [0.717, 1.165) is 0 Å². The fourth-order valence-electron chi connectivity index (χ4n) is 1.64. The highest BCUT2D eigenvalue weighted by atomic mass is 35.5. The number of nitrogens with two attached hydrogens (primary N) is 1. The average Bonchev–Trinajstić information content (AvgIpc) is 2.36. The number of hydrogen-bond donors (Lipinski definition) is 1. The number of esters is 1. The molecular formula is C13H10Cl2N2O2. The minimum atomic E-state index is -0.483. The lowest BCUT2D eigenvalue weighted by Crippen LogP contribution is -2.04. The van der Waals surface area contributed by atoms with Crippen LogP contribution in [-0.2, 0) is 4.74 Å². The van der Waals surface area contributed by atoms with Crippen molar-refractivity contribution < 1.29 is 9.53 Å². The number of rotatable bonds is 2. The van der Waals surface area contributed by atoms with Gasteiger partial charge in [0, 0.05) is 15.6 Å². The largest absolute Gasteiger partial charge is 0.465 e. The number of ether oxygens (including phenoxy) is 1. The monoisotopic (exact) mass is 296 g/mol. The van der Waals surface area contributed by atoms with E-state index in [4.69, 9.17) is 28.9 Å². The SMILES string of the molecule is COC(=O)c1cc(N)nc(-c2cc(Cl)cc(Cl)c2)c1. The van der Waals surface area contributed by atoms with Gasteiger partial charge < -0.3 is 10.5 Å². The molecule has 0 saturated heterocycles. The Morgan fingerprint density at radius 1 is 1.16 bits per heavy atom. The van der Waals surface area contributed by atoms with Crippen molar-refractivity contribution in [1.82, 2.24) is 4.98 Å². The Morgan fingerprint density at radius 2 is 1.79 bits per heavy atom. The summed E-state index contributed by atoms with van der Waals surface area (Å²) in [7, 11) is 1.30. The van der Waals surface area contributed by atoms with Gasteiger partial charge in [0.1, 0.15) is 5.82 Å². The van der Waals surface area contributed by atoms with Gasteiger partial charge >= 0.3 is 5.97 Å². The maximum Gasteiger partial charge on any atom is 0.338 e. The Labute approximate surface area is 120 Å². The van der Waals surface area contributed by atoms with Crippen LogP contribution in [-0.4, -0.2) is 18.1 Å². The van der Waals surface area contributed by atoms with Gasteiger partial charge in [-0.15, -0.1) is 0 Å². The lowest BCUT2D eigenvalue weighted by molar-refractivity contribution is 0.0600. The first-order valence-electron chi connectivity index (χ1n) is 5.32. The van der Waals surface area contributed by atoms with Crippen LogP contribution < -0.4 is 5.73 Å². The highest BCUT2D eigenvalue weighted by Gasteiger charge is 2.11. The molecule has 0 saturated carbocycles. The van der Waals surface area contributed by atoms with Gasteiger partial charge in [0.2, 0.25) is 0 Å². The molecule has 0 amide bonds. The van der Waals surface area contributed by atoms with Crippen LogP contribution in [0.15, 0.2) is 30.3 Å². The number of carbonyl (C=O) groups is 1. The van der Waals surface area contributed by atoms with Gasteiger partial charge in [0.15, 0.2) is 0 Å². The standard InChI is InChI=1S/C13H10Cl2N2O2/c1-19-13(18)8-4-11(17-12(16)5-8)7-2-9(14)6-10(15)3-7/h2-6H,1H3,(H2,16,17). The number of benzene rings is 1. The van der Waals surface area contributed by atoms with Crippen LogP contribution in [0, 0.1) is 0 Å². The molecular weight excluding hydrogens is 287 g/mol. The molecule has 0 aliphatic rings. The predicted octanol–water partition coefficient (Wildman–Crippen LogP) is 3.42. The Morgan fingerprint density at radius 3 is 2.37 bits per heavy atom. The number of methoxy groups -OCH3 is 1. The molecule has 1 heterocycles. The molecule has 98 valence electrons. The van der Waals surface area contributed by atoms with Crippen molar-refractivity contribution in [1.29, 1.82) is 0 Å². The van der Waals surface area contributed by atoms with E-state index in [-0.39, 0.29) is 5.82 Å². The van der Waals surface area contributed by atoms with E-state index >= 15 is 0 Å². The summed E-state index contributed by atoms with van der Waals surface area (Å²) in [6.07, 6.45) is 0. The molecule has 0 aliphatic heterocycles. The second-order valence-corrected chi connectivity index (χ2v) is 4.69.